The number of hydrogen-bond donors (Lipinski definition) is 1. The third-order valence-corrected chi connectivity index (χ3v) is 6.51. The number of rotatable bonds is 6. The lowest BCUT2D eigenvalue weighted by Crippen LogP contribution is -2.27. The van der Waals surface area contributed by atoms with Crippen LogP contribution in [0.25, 0.3) is 0 Å². The highest BCUT2D eigenvalue weighted by atomic mass is 16.5. The average molecular weight is 449 g/mol. The van der Waals surface area contributed by atoms with Crippen LogP contribution in [0.5, 0.6) is 0 Å². The lowest BCUT2D eigenvalue weighted by Gasteiger charge is -2.27. The molecule has 0 saturated heterocycles. The van der Waals surface area contributed by atoms with E-state index < -0.39 is 0 Å². The third kappa shape index (κ3) is 5.00. The molecule has 1 atom stereocenters. The van der Waals surface area contributed by atoms with Gasteiger partial charge in [0.2, 0.25) is 0 Å². The van der Waals surface area contributed by atoms with Crippen LogP contribution >= 0.6 is 0 Å². The van der Waals surface area contributed by atoms with Gasteiger partial charge in [0.15, 0.2) is 11.6 Å². The minimum absolute atomic E-state index is 0.0294. The topological polar surface area (TPSA) is 92.8 Å². The Kier molecular flexibility index (Phi) is 6.63. The smallest absolute Gasteiger partial charge is 0.168 e. The van der Waals surface area contributed by atoms with Crippen molar-refractivity contribution < 1.29 is 19.2 Å². The number of fused-ring (bicyclic) bond motifs is 1. The van der Waals surface area contributed by atoms with Crippen molar-refractivity contribution in [2.45, 2.75) is 71.6 Å². The number of nitrogens with zero attached hydrogens (tertiary/aromatic N) is 2. The number of benzene rings is 1. The molecule has 1 aromatic heterocycles. The van der Waals surface area contributed by atoms with Gasteiger partial charge >= 0.3 is 0 Å². The van der Waals surface area contributed by atoms with Crippen molar-refractivity contribution in [1.29, 1.82) is 0 Å². The first-order valence-corrected chi connectivity index (χ1v) is 11.8. The van der Waals surface area contributed by atoms with E-state index in [4.69, 9.17) is 4.52 Å². The maximum Gasteiger partial charge on any atom is 0.168 e. The first-order valence-electron chi connectivity index (χ1n) is 11.8. The van der Waals surface area contributed by atoms with Gasteiger partial charge in [0.1, 0.15) is 11.5 Å². The van der Waals surface area contributed by atoms with Crippen LogP contribution in [0.15, 0.2) is 51.2 Å². The lowest BCUT2D eigenvalue weighted by atomic mass is 9.76. The SMILES string of the molecule is CCCN=C1CC(c2ccccc2)CC(=O)/C1=C(\O)CCc1noc2c1C(=O)CC(C)(C)C2. The molecule has 0 aliphatic heterocycles. The van der Waals surface area contributed by atoms with Crippen molar-refractivity contribution in [2.75, 3.05) is 6.54 Å². The van der Waals surface area contributed by atoms with E-state index in [0.717, 1.165) is 12.0 Å². The zero-order chi connectivity index (χ0) is 23.6. The summed E-state index contributed by atoms with van der Waals surface area (Å²) in [6.07, 6.45) is 3.53. The number of hydrogen-bond acceptors (Lipinski definition) is 6. The standard InChI is InChI=1S/C27H32N2O4/c1-4-12-28-20-13-18(17-8-6-5-7-9-17)14-22(31)25(20)21(30)11-10-19-26-23(32)15-27(2,3)16-24(26)33-29-19/h5-9,18,30H,4,10-16H2,1-3H3/b25-21-,28-20?. The van der Waals surface area contributed by atoms with E-state index in [1.54, 1.807) is 0 Å². The van der Waals surface area contributed by atoms with Crippen LogP contribution in [0.2, 0.25) is 0 Å². The summed E-state index contributed by atoms with van der Waals surface area (Å²) in [6, 6.07) is 10.00. The van der Waals surface area contributed by atoms with E-state index in [1.165, 1.54) is 0 Å². The highest BCUT2D eigenvalue weighted by Gasteiger charge is 2.37. The number of allylic oxidation sites excluding steroid dienone is 2. The molecule has 6 nitrogen and oxygen atoms in total. The van der Waals surface area contributed by atoms with Crippen LogP contribution in [0.4, 0.5) is 0 Å². The molecule has 1 heterocycles. The number of aliphatic hydroxyl groups is 1. The highest BCUT2D eigenvalue weighted by molar-refractivity contribution is 6.24. The van der Waals surface area contributed by atoms with Crippen molar-refractivity contribution in [3.63, 3.8) is 0 Å². The summed E-state index contributed by atoms with van der Waals surface area (Å²) in [4.78, 5) is 30.5. The summed E-state index contributed by atoms with van der Waals surface area (Å²) in [7, 11) is 0. The molecule has 0 radical (unpaired) electrons. The van der Waals surface area contributed by atoms with Crippen LogP contribution in [-0.4, -0.2) is 34.1 Å². The zero-order valence-electron chi connectivity index (χ0n) is 19.7. The number of aliphatic imine (C=N–C) groups is 1. The van der Waals surface area contributed by atoms with Crippen LogP contribution in [-0.2, 0) is 17.6 Å². The molecule has 4 rings (SSSR count). The molecular formula is C27H32N2O4. The van der Waals surface area contributed by atoms with Gasteiger partial charge in [0, 0.05) is 44.4 Å². The van der Waals surface area contributed by atoms with Gasteiger partial charge in [-0.2, -0.15) is 0 Å². The maximum atomic E-state index is 13.1. The van der Waals surface area contributed by atoms with Gasteiger partial charge in [-0.25, -0.2) is 0 Å². The summed E-state index contributed by atoms with van der Waals surface area (Å²) < 4.78 is 5.47. The van der Waals surface area contributed by atoms with Gasteiger partial charge in [-0.15, -0.1) is 0 Å². The first-order chi connectivity index (χ1) is 15.8. The molecule has 6 heteroatoms. The second kappa shape index (κ2) is 9.46. The van der Waals surface area contributed by atoms with E-state index >= 15 is 0 Å². The summed E-state index contributed by atoms with van der Waals surface area (Å²) >= 11 is 0. The molecule has 2 aliphatic carbocycles. The van der Waals surface area contributed by atoms with Crippen LogP contribution in [0.3, 0.4) is 0 Å². The molecule has 1 fully saturated rings. The molecule has 0 amide bonds. The van der Waals surface area contributed by atoms with Gasteiger partial charge in [0.05, 0.1) is 16.8 Å². The Bertz CT molecular complexity index is 1110. The molecule has 1 aromatic carbocycles. The van der Waals surface area contributed by atoms with E-state index in [-0.39, 0.29) is 35.1 Å². The third-order valence-electron chi connectivity index (χ3n) is 6.51. The van der Waals surface area contributed by atoms with Gasteiger partial charge in [0.25, 0.3) is 0 Å². The number of aryl methyl sites for hydroxylation is 1. The Morgan fingerprint density at radius 2 is 1.91 bits per heavy atom. The van der Waals surface area contributed by atoms with Gasteiger partial charge in [-0.05, 0) is 29.7 Å². The normalized spacial score (nSPS) is 23.0. The predicted molar refractivity (Wildman–Crippen MR) is 127 cm³/mol. The Hall–Kier alpha value is -3.02. The van der Waals surface area contributed by atoms with Crippen molar-refractivity contribution in [3.05, 3.63) is 64.2 Å². The Balaban J connectivity index is 1.56. The summed E-state index contributed by atoms with van der Waals surface area (Å²) in [6.45, 7) is 6.74. The second-order valence-corrected chi connectivity index (χ2v) is 9.96. The molecule has 2 aromatic rings. The number of aliphatic hydroxyl groups excluding tert-OH is 1. The number of carbonyl (C=O) groups is 2. The van der Waals surface area contributed by atoms with Crippen molar-refractivity contribution in [3.8, 4) is 0 Å². The molecular weight excluding hydrogens is 416 g/mol. The fourth-order valence-corrected chi connectivity index (χ4v) is 4.93. The van der Waals surface area contributed by atoms with Crippen molar-refractivity contribution in [1.82, 2.24) is 5.16 Å². The molecule has 1 unspecified atom stereocenters. The van der Waals surface area contributed by atoms with Crippen LogP contribution < -0.4 is 0 Å². The van der Waals surface area contributed by atoms with Gasteiger partial charge < -0.3 is 9.63 Å². The zero-order valence-corrected chi connectivity index (χ0v) is 19.7. The largest absolute Gasteiger partial charge is 0.511 e. The maximum absolute atomic E-state index is 13.1. The fourth-order valence-electron chi connectivity index (χ4n) is 4.93. The second-order valence-electron chi connectivity index (χ2n) is 9.96. The monoisotopic (exact) mass is 448 g/mol. The lowest BCUT2D eigenvalue weighted by molar-refractivity contribution is -0.116. The predicted octanol–water partition coefficient (Wildman–Crippen LogP) is 5.57. The minimum Gasteiger partial charge on any atom is -0.511 e. The van der Waals surface area contributed by atoms with E-state index in [0.29, 0.717) is 67.0 Å². The molecule has 1 N–H and O–H groups in total. The number of aromatic nitrogens is 1. The molecule has 33 heavy (non-hydrogen) atoms. The Morgan fingerprint density at radius 3 is 2.64 bits per heavy atom. The van der Waals surface area contributed by atoms with Gasteiger partial charge in [-0.3, -0.25) is 14.6 Å². The summed E-state index contributed by atoms with van der Waals surface area (Å²) in [5.74, 6) is 0.677. The first kappa shape index (κ1) is 23.1. The van der Waals surface area contributed by atoms with E-state index in [1.807, 2.05) is 51.1 Å². The number of Topliss-reactive ketones (excluding diaryl/α,β-unsaturated/α-hetero) is 2. The molecule has 2 aliphatic rings. The Morgan fingerprint density at radius 1 is 1.15 bits per heavy atom. The summed E-state index contributed by atoms with van der Waals surface area (Å²) in [5, 5.41) is 15.1. The van der Waals surface area contributed by atoms with E-state index in [2.05, 4.69) is 10.1 Å². The molecule has 0 bridgehead atoms. The molecule has 1 saturated carbocycles. The van der Waals surface area contributed by atoms with Gasteiger partial charge in [-0.1, -0.05) is 56.3 Å². The quantitative estimate of drug-likeness (QED) is 0.460. The number of ketones is 2. The minimum atomic E-state index is -0.139. The fraction of sp³-hybridized carbons (Fsp3) is 0.481. The molecule has 0 spiro atoms. The van der Waals surface area contributed by atoms with Crippen molar-refractivity contribution >= 4 is 17.3 Å². The number of carbonyl (C=O) groups excluding carboxylic acids is 2. The highest BCUT2D eigenvalue weighted by Crippen LogP contribution is 2.37. The van der Waals surface area contributed by atoms with Crippen molar-refractivity contribution in [2.24, 2.45) is 10.4 Å². The average Bonchev–Trinajstić information content (AvgIpc) is 3.18. The summed E-state index contributed by atoms with van der Waals surface area (Å²) in [5.41, 5.74) is 3.13. The Labute approximate surface area is 194 Å². The van der Waals surface area contributed by atoms with Crippen LogP contribution in [0, 0.1) is 5.41 Å². The molecule has 174 valence electrons. The van der Waals surface area contributed by atoms with Crippen LogP contribution in [0.1, 0.15) is 86.2 Å². The van der Waals surface area contributed by atoms with E-state index in [9.17, 15) is 14.7 Å².